The van der Waals surface area contributed by atoms with Gasteiger partial charge in [0.1, 0.15) is 0 Å². The summed E-state index contributed by atoms with van der Waals surface area (Å²) in [6, 6.07) is 0. The summed E-state index contributed by atoms with van der Waals surface area (Å²) in [5, 5.41) is 3.50. The lowest BCUT2D eigenvalue weighted by atomic mass is 10.2. The van der Waals surface area contributed by atoms with Crippen LogP contribution in [0.3, 0.4) is 0 Å². The van der Waals surface area contributed by atoms with Crippen LogP contribution in [0.25, 0.3) is 0 Å². The van der Waals surface area contributed by atoms with Crippen molar-refractivity contribution in [1.29, 1.82) is 0 Å². The van der Waals surface area contributed by atoms with E-state index in [-0.39, 0.29) is 0 Å². The molecule has 0 spiro atoms. The standard InChI is InChI=1S/C14H30N2O/c1-12(2)9-15-7-5-6-8-16-10-13(3)17-14(4)11-16/h12-15H,5-11H2,1-4H3. The monoisotopic (exact) mass is 242 g/mol. The molecule has 0 bridgehead atoms. The smallest absolute Gasteiger partial charge is 0.0678 e. The van der Waals surface area contributed by atoms with E-state index in [4.69, 9.17) is 4.74 Å². The molecule has 2 unspecified atom stereocenters. The van der Waals surface area contributed by atoms with E-state index in [1.807, 2.05) is 0 Å². The zero-order valence-corrected chi connectivity index (χ0v) is 12.0. The Kier molecular flexibility index (Phi) is 7.09. The first-order valence-corrected chi connectivity index (χ1v) is 7.16. The van der Waals surface area contributed by atoms with E-state index in [1.54, 1.807) is 0 Å². The van der Waals surface area contributed by atoms with Crippen molar-refractivity contribution in [2.75, 3.05) is 32.7 Å². The van der Waals surface area contributed by atoms with Crippen LogP contribution in [0.5, 0.6) is 0 Å². The summed E-state index contributed by atoms with van der Waals surface area (Å²) in [7, 11) is 0. The molecule has 0 aromatic heterocycles. The summed E-state index contributed by atoms with van der Waals surface area (Å²) in [5.41, 5.74) is 0. The van der Waals surface area contributed by atoms with E-state index in [0.29, 0.717) is 12.2 Å². The maximum Gasteiger partial charge on any atom is 0.0678 e. The molecule has 0 amide bonds. The molecule has 0 aliphatic carbocycles. The third-order valence-corrected chi connectivity index (χ3v) is 3.13. The van der Waals surface area contributed by atoms with Gasteiger partial charge in [0.15, 0.2) is 0 Å². The highest BCUT2D eigenvalue weighted by Crippen LogP contribution is 2.11. The first-order valence-electron chi connectivity index (χ1n) is 7.16. The Bertz CT molecular complexity index is 187. The van der Waals surface area contributed by atoms with Crippen molar-refractivity contribution >= 4 is 0 Å². The van der Waals surface area contributed by atoms with E-state index in [1.165, 1.54) is 19.4 Å². The summed E-state index contributed by atoms with van der Waals surface area (Å²) >= 11 is 0. The molecule has 2 atom stereocenters. The zero-order chi connectivity index (χ0) is 12.7. The fourth-order valence-corrected chi connectivity index (χ4v) is 2.44. The van der Waals surface area contributed by atoms with Crippen LogP contribution in [0.1, 0.15) is 40.5 Å². The van der Waals surface area contributed by atoms with Crippen molar-refractivity contribution in [2.45, 2.75) is 52.7 Å². The van der Waals surface area contributed by atoms with E-state index in [2.05, 4.69) is 37.9 Å². The van der Waals surface area contributed by atoms with Crippen molar-refractivity contribution in [3.05, 3.63) is 0 Å². The highest BCUT2D eigenvalue weighted by molar-refractivity contribution is 4.72. The number of rotatable bonds is 7. The first-order chi connectivity index (χ1) is 8.08. The second-order valence-electron chi connectivity index (χ2n) is 5.82. The van der Waals surface area contributed by atoms with Crippen LogP contribution in [-0.2, 0) is 4.74 Å². The highest BCUT2D eigenvalue weighted by Gasteiger charge is 2.21. The minimum absolute atomic E-state index is 0.401. The van der Waals surface area contributed by atoms with Crippen molar-refractivity contribution in [2.24, 2.45) is 5.92 Å². The van der Waals surface area contributed by atoms with E-state index in [9.17, 15) is 0 Å². The number of nitrogens with zero attached hydrogens (tertiary/aromatic N) is 1. The van der Waals surface area contributed by atoms with Gasteiger partial charge in [0.25, 0.3) is 0 Å². The molecule has 3 nitrogen and oxygen atoms in total. The Morgan fingerprint density at radius 1 is 1.18 bits per heavy atom. The van der Waals surface area contributed by atoms with E-state index < -0.39 is 0 Å². The lowest BCUT2D eigenvalue weighted by Crippen LogP contribution is -2.45. The average Bonchev–Trinajstić information content (AvgIpc) is 2.21. The van der Waals surface area contributed by atoms with Gasteiger partial charge in [-0.1, -0.05) is 13.8 Å². The first kappa shape index (κ1) is 14.9. The van der Waals surface area contributed by atoms with Gasteiger partial charge >= 0.3 is 0 Å². The number of ether oxygens (including phenoxy) is 1. The van der Waals surface area contributed by atoms with Gasteiger partial charge in [-0.2, -0.15) is 0 Å². The number of morpholine rings is 1. The number of nitrogens with one attached hydrogen (secondary N) is 1. The minimum Gasteiger partial charge on any atom is -0.373 e. The largest absolute Gasteiger partial charge is 0.373 e. The zero-order valence-electron chi connectivity index (χ0n) is 12.0. The SMILES string of the molecule is CC(C)CNCCCCN1CC(C)OC(C)C1. The molecule has 1 aliphatic heterocycles. The molecule has 1 rings (SSSR count). The predicted molar refractivity (Wildman–Crippen MR) is 73.4 cm³/mol. The molecule has 1 saturated heterocycles. The van der Waals surface area contributed by atoms with Crippen LogP contribution in [0.4, 0.5) is 0 Å². The molecule has 1 N–H and O–H groups in total. The van der Waals surface area contributed by atoms with Gasteiger partial charge < -0.3 is 10.1 Å². The Morgan fingerprint density at radius 2 is 1.82 bits per heavy atom. The van der Waals surface area contributed by atoms with Crippen molar-refractivity contribution in [3.8, 4) is 0 Å². The highest BCUT2D eigenvalue weighted by atomic mass is 16.5. The molecule has 102 valence electrons. The number of hydrogen-bond acceptors (Lipinski definition) is 3. The molecule has 3 heteroatoms. The van der Waals surface area contributed by atoms with Crippen LogP contribution < -0.4 is 5.32 Å². The van der Waals surface area contributed by atoms with Crippen molar-refractivity contribution in [3.63, 3.8) is 0 Å². The molecule has 0 aromatic carbocycles. The van der Waals surface area contributed by atoms with E-state index >= 15 is 0 Å². The van der Waals surface area contributed by atoms with Crippen LogP contribution in [0, 0.1) is 5.92 Å². The maximum atomic E-state index is 5.73. The average molecular weight is 242 g/mol. The molecule has 1 heterocycles. The summed E-state index contributed by atoms with van der Waals surface area (Å²) in [4.78, 5) is 2.54. The van der Waals surface area contributed by atoms with Crippen molar-refractivity contribution < 1.29 is 4.74 Å². The summed E-state index contributed by atoms with van der Waals surface area (Å²) in [5.74, 6) is 0.760. The molecular weight excluding hydrogens is 212 g/mol. The summed E-state index contributed by atoms with van der Waals surface area (Å²) in [6.07, 6.45) is 3.38. The molecule has 0 radical (unpaired) electrons. The fraction of sp³-hybridized carbons (Fsp3) is 1.00. The Balaban J connectivity index is 1.98. The second-order valence-corrected chi connectivity index (χ2v) is 5.82. The predicted octanol–water partition coefficient (Wildman–Crippen LogP) is 2.12. The third kappa shape index (κ3) is 7.02. The topological polar surface area (TPSA) is 24.5 Å². The number of hydrogen-bond donors (Lipinski definition) is 1. The Hall–Kier alpha value is -0.120. The molecule has 1 aliphatic rings. The van der Waals surface area contributed by atoms with Gasteiger partial charge in [0.2, 0.25) is 0 Å². The summed E-state index contributed by atoms with van der Waals surface area (Å²) < 4.78 is 5.73. The second kappa shape index (κ2) is 8.06. The van der Waals surface area contributed by atoms with Crippen LogP contribution in [0.15, 0.2) is 0 Å². The quantitative estimate of drug-likeness (QED) is 0.692. The molecule has 17 heavy (non-hydrogen) atoms. The van der Waals surface area contributed by atoms with E-state index in [0.717, 1.165) is 32.1 Å². The third-order valence-electron chi connectivity index (χ3n) is 3.13. The van der Waals surface area contributed by atoms with Crippen molar-refractivity contribution in [1.82, 2.24) is 10.2 Å². The van der Waals surface area contributed by atoms with Crippen LogP contribution in [-0.4, -0.2) is 49.8 Å². The van der Waals surface area contributed by atoms with Gasteiger partial charge in [-0.15, -0.1) is 0 Å². The molecule has 0 saturated carbocycles. The Morgan fingerprint density at radius 3 is 2.41 bits per heavy atom. The molecular formula is C14H30N2O. The number of unbranched alkanes of at least 4 members (excludes halogenated alkanes) is 1. The van der Waals surface area contributed by atoms with Gasteiger partial charge in [0.05, 0.1) is 12.2 Å². The van der Waals surface area contributed by atoms with Crippen LogP contribution >= 0.6 is 0 Å². The van der Waals surface area contributed by atoms with Gasteiger partial charge in [0, 0.05) is 13.1 Å². The maximum absolute atomic E-state index is 5.73. The van der Waals surface area contributed by atoms with Gasteiger partial charge in [-0.3, -0.25) is 4.90 Å². The fourth-order valence-electron chi connectivity index (χ4n) is 2.44. The summed E-state index contributed by atoms with van der Waals surface area (Å²) in [6.45, 7) is 14.6. The lowest BCUT2D eigenvalue weighted by molar-refractivity contribution is -0.0681. The normalized spacial score (nSPS) is 26.6. The van der Waals surface area contributed by atoms with Crippen LogP contribution in [0.2, 0.25) is 0 Å². The minimum atomic E-state index is 0.401. The van der Waals surface area contributed by atoms with Gasteiger partial charge in [-0.25, -0.2) is 0 Å². The molecule has 0 aromatic rings. The molecule has 1 fully saturated rings. The van der Waals surface area contributed by atoms with Gasteiger partial charge in [-0.05, 0) is 52.2 Å². The lowest BCUT2D eigenvalue weighted by Gasteiger charge is -2.35. The Labute approximate surface area is 107 Å².